The van der Waals surface area contributed by atoms with Gasteiger partial charge in [-0.2, -0.15) is 0 Å². The molecule has 0 aromatic heterocycles. The molecule has 32 heavy (non-hydrogen) atoms. The molecule has 0 aliphatic carbocycles. The van der Waals surface area contributed by atoms with Crippen molar-refractivity contribution in [2.24, 2.45) is 0 Å². The Morgan fingerprint density at radius 1 is 0.906 bits per heavy atom. The van der Waals surface area contributed by atoms with Crippen molar-refractivity contribution in [1.29, 1.82) is 0 Å². The monoisotopic (exact) mass is 429 g/mol. The lowest BCUT2D eigenvalue weighted by molar-refractivity contribution is 0.226. The fourth-order valence-electron chi connectivity index (χ4n) is 5.10. The summed E-state index contributed by atoms with van der Waals surface area (Å²) < 4.78 is 6.11. The predicted octanol–water partition coefficient (Wildman–Crippen LogP) is 5.03. The van der Waals surface area contributed by atoms with Gasteiger partial charge in [0.05, 0.1) is 12.6 Å². The van der Waals surface area contributed by atoms with Gasteiger partial charge in [-0.3, -0.25) is 0 Å². The Hall–Kier alpha value is -2.56. The Bertz CT molecular complexity index is 1040. The van der Waals surface area contributed by atoms with E-state index in [9.17, 15) is 0 Å². The van der Waals surface area contributed by atoms with Gasteiger partial charge in [0.25, 0.3) is 0 Å². The summed E-state index contributed by atoms with van der Waals surface area (Å²) >= 11 is 0. The Balaban J connectivity index is 1.20. The molecular formula is C28H35N3O. The van der Waals surface area contributed by atoms with E-state index < -0.39 is 0 Å². The Kier molecular flexibility index (Phi) is 6.61. The number of fused-ring (bicyclic) bond motifs is 2. The van der Waals surface area contributed by atoms with Crippen LogP contribution in [0.3, 0.4) is 0 Å². The summed E-state index contributed by atoms with van der Waals surface area (Å²) in [5.41, 5.74) is 4.22. The van der Waals surface area contributed by atoms with Crippen LogP contribution in [0.5, 0.6) is 5.75 Å². The van der Waals surface area contributed by atoms with Crippen molar-refractivity contribution in [3.63, 3.8) is 0 Å². The van der Waals surface area contributed by atoms with Gasteiger partial charge in [-0.15, -0.1) is 0 Å². The van der Waals surface area contributed by atoms with E-state index in [4.69, 9.17) is 4.74 Å². The minimum atomic E-state index is 0.359. The lowest BCUT2D eigenvalue weighted by atomic mass is 10.0. The lowest BCUT2D eigenvalue weighted by Crippen LogP contribution is -2.43. The molecule has 1 atom stereocenters. The largest absolute Gasteiger partial charge is 0.494 e. The number of hydrogen-bond acceptors (Lipinski definition) is 4. The lowest BCUT2D eigenvalue weighted by Gasteiger charge is -2.28. The smallest absolute Gasteiger partial charge is 0.119 e. The molecule has 3 aromatic carbocycles. The number of hydrogen-bond donors (Lipinski definition) is 1. The van der Waals surface area contributed by atoms with Crippen LogP contribution in [-0.4, -0.2) is 50.8 Å². The molecule has 1 saturated heterocycles. The Morgan fingerprint density at radius 2 is 1.75 bits per heavy atom. The second-order valence-electron chi connectivity index (χ2n) is 9.16. The molecule has 0 radical (unpaired) electrons. The van der Waals surface area contributed by atoms with E-state index in [0.29, 0.717) is 6.04 Å². The summed E-state index contributed by atoms with van der Waals surface area (Å²) in [7, 11) is 0. The van der Waals surface area contributed by atoms with Crippen molar-refractivity contribution in [3.05, 3.63) is 71.8 Å². The van der Waals surface area contributed by atoms with Crippen LogP contribution in [0.4, 0.5) is 5.69 Å². The molecule has 4 heteroatoms. The summed E-state index contributed by atoms with van der Waals surface area (Å²) in [6.45, 7) is 9.99. The number of benzene rings is 3. The molecule has 0 saturated carbocycles. The van der Waals surface area contributed by atoms with Crippen molar-refractivity contribution in [2.75, 3.05) is 50.8 Å². The first-order valence-electron chi connectivity index (χ1n) is 12.2. The maximum absolute atomic E-state index is 6.11. The van der Waals surface area contributed by atoms with Crippen molar-refractivity contribution >= 4 is 16.5 Å². The maximum Gasteiger partial charge on any atom is 0.119 e. The van der Waals surface area contributed by atoms with Crippen LogP contribution in [0.2, 0.25) is 0 Å². The van der Waals surface area contributed by atoms with E-state index in [-0.39, 0.29) is 0 Å². The molecule has 0 unspecified atom stereocenters. The Morgan fingerprint density at radius 3 is 2.66 bits per heavy atom. The van der Waals surface area contributed by atoms with Crippen LogP contribution >= 0.6 is 0 Å². The zero-order chi connectivity index (χ0) is 21.8. The molecule has 168 valence electrons. The molecule has 0 bridgehead atoms. The number of unbranched alkanes of at least 4 members (excludes halogenated alkanes) is 1. The predicted molar refractivity (Wildman–Crippen MR) is 134 cm³/mol. The third-order valence-corrected chi connectivity index (χ3v) is 7.06. The highest BCUT2D eigenvalue weighted by Gasteiger charge is 2.24. The molecule has 3 aromatic rings. The van der Waals surface area contributed by atoms with E-state index in [1.54, 1.807) is 0 Å². The number of rotatable bonds is 8. The molecular weight excluding hydrogens is 394 g/mol. The minimum absolute atomic E-state index is 0.359. The van der Waals surface area contributed by atoms with Crippen molar-refractivity contribution in [2.45, 2.75) is 32.2 Å². The van der Waals surface area contributed by atoms with Crippen LogP contribution in [0, 0.1) is 0 Å². The van der Waals surface area contributed by atoms with Crippen LogP contribution < -0.4 is 15.0 Å². The zero-order valence-electron chi connectivity index (χ0n) is 19.2. The number of anilines is 1. The number of ether oxygens (including phenoxy) is 1. The molecule has 2 aliphatic rings. The summed E-state index contributed by atoms with van der Waals surface area (Å²) in [5, 5.41) is 5.95. The number of nitrogens with one attached hydrogen (secondary N) is 1. The van der Waals surface area contributed by atoms with Gasteiger partial charge in [-0.25, -0.2) is 0 Å². The van der Waals surface area contributed by atoms with E-state index in [1.807, 2.05) is 0 Å². The highest BCUT2D eigenvalue weighted by Crippen LogP contribution is 2.35. The molecule has 2 heterocycles. The molecule has 5 rings (SSSR count). The normalized spacial score (nSPS) is 17.5. The second kappa shape index (κ2) is 9.93. The van der Waals surface area contributed by atoms with E-state index >= 15 is 0 Å². The average molecular weight is 430 g/mol. The molecule has 1 fully saturated rings. The van der Waals surface area contributed by atoms with Crippen LogP contribution in [0.15, 0.2) is 60.7 Å². The summed E-state index contributed by atoms with van der Waals surface area (Å²) in [6, 6.07) is 22.6. The van der Waals surface area contributed by atoms with Gasteiger partial charge in [0.2, 0.25) is 0 Å². The van der Waals surface area contributed by atoms with Crippen molar-refractivity contribution in [1.82, 2.24) is 10.2 Å². The highest BCUT2D eigenvalue weighted by atomic mass is 16.5. The van der Waals surface area contributed by atoms with Gasteiger partial charge >= 0.3 is 0 Å². The van der Waals surface area contributed by atoms with Gasteiger partial charge in [-0.1, -0.05) is 36.4 Å². The molecule has 1 N–H and O–H groups in total. The van der Waals surface area contributed by atoms with Gasteiger partial charge in [0, 0.05) is 38.4 Å². The fourth-order valence-corrected chi connectivity index (χ4v) is 5.10. The average Bonchev–Trinajstić information content (AvgIpc) is 3.28. The molecule has 4 nitrogen and oxygen atoms in total. The quantitative estimate of drug-likeness (QED) is 0.509. The summed E-state index contributed by atoms with van der Waals surface area (Å²) in [5.74, 6) is 0.982. The van der Waals surface area contributed by atoms with Crippen molar-refractivity contribution in [3.8, 4) is 5.75 Å². The SMILES string of the molecule is C[C@@H](c1ccc2ccc(OCCCCN3CCNCC3)cc2c1)N1CCc2ccccc21. The Labute approximate surface area is 192 Å². The van der Waals surface area contributed by atoms with Gasteiger partial charge < -0.3 is 19.9 Å². The van der Waals surface area contributed by atoms with Crippen LogP contribution in [-0.2, 0) is 6.42 Å². The first-order chi connectivity index (χ1) is 15.8. The maximum atomic E-state index is 6.11. The van der Waals surface area contributed by atoms with E-state index in [2.05, 4.69) is 82.7 Å². The van der Waals surface area contributed by atoms with Gasteiger partial charge in [-0.05, 0) is 78.9 Å². The number of piperazine rings is 1. The number of nitrogens with zero attached hydrogens (tertiary/aromatic N) is 2. The van der Waals surface area contributed by atoms with E-state index in [0.717, 1.165) is 44.8 Å². The fraction of sp³-hybridized carbons (Fsp3) is 0.429. The van der Waals surface area contributed by atoms with Gasteiger partial charge in [0.15, 0.2) is 0 Å². The van der Waals surface area contributed by atoms with Crippen molar-refractivity contribution < 1.29 is 4.74 Å². The molecule has 0 spiro atoms. The first kappa shape index (κ1) is 21.3. The third-order valence-electron chi connectivity index (χ3n) is 7.06. The van der Waals surface area contributed by atoms with E-state index in [1.165, 1.54) is 53.6 Å². The minimum Gasteiger partial charge on any atom is -0.494 e. The standard InChI is InChI=1S/C28H35N3O/c1-22(31-16-12-24-6-2-3-7-28(24)31)25-9-8-23-10-11-27(21-26(23)20-25)32-19-5-4-15-30-17-13-29-14-18-30/h2-3,6-11,20-22,29H,4-5,12-19H2,1H3/t22-/m0/s1. The molecule has 2 aliphatic heterocycles. The topological polar surface area (TPSA) is 27.7 Å². The zero-order valence-corrected chi connectivity index (χ0v) is 19.2. The summed E-state index contributed by atoms with van der Waals surface area (Å²) in [6.07, 6.45) is 3.45. The highest BCUT2D eigenvalue weighted by molar-refractivity contribution is 5.84. The second-order valence-corrected chi connectivity index (χ2v) is 9.16. The van der Waals surface area contributed by atoms with Gasteiger partial charge in [0.1, 0.15) is 5.75 Å². The first-order valence-corrected chi connectivity index (χ1v) is 12.2. The van der Waals surface area contributed by atoms with Crippen LogP contribution in [0.1, 0.15) is 36.9 Å². The molecule has 0 amide bonds. The third kappa shape index (κ3) is 4.77. The number of para-hydroxylation sites is 1. The van der Waals surface area contributed by atoms with Crippen LogP contribution in [0.25, 0.3) is 10.8 Å². The summed E-state index contributed by atoms with van der Waals surface area (Å²) in [4.78, 5) is 5.09.